The maximum Gasteiger partial charge on any atom is 0.343 e. The molecule has 0 amide bonds. The van der Waals surface area contributed by atoms with E-state index >= 15 is 0 Å². The Morgan fingerprint density at radius 2 is 1.29 bits per heavy atom. The van der Waals surface area contributed by atoms with E-state index < -0.39 is 5.97 Å². The van der Waals surface area contributed by atoms with Crippen LogP contribution in [0.2, 0.25) is 0 Å². The van der Waals surface area contributed by atoms with Gasteiger partial charge in [0.2, 0.25) is 0 Å². The molecular formula is C22H16O6. The maximum absolute atomic E-state index is 12.2. The first kappa shape index (κ1) is 20.3. The third-order valence-electron chi connectivity index (χ3n) is 3.71. The summed E-state index contributed by atoms with van der Waals surface area (Å²) in [4.78, 5) is 41.9. The summed E-state index contributed by atoms with van der Waals surface area (Å²) in [5.74, 6) is -0.0765. The lowest BCUT2D eigenvalue weighted by Crippen LogP contribution is -2.08. The van der Waals surface area contributed by atoms with E-state index in [1.807, 2.05) is 18.2 Å². The van der Waals surface area contributed by atoms with E-state index in [0.29, 0.717) is 28.7 Å². The minimum atomic E-state index is -0.495. The number of benzene rings is 3. The Morgan fingerprint density at radius 1 is 0.750 bits per heavy atom. The average Bonchev–Trinajstić information content (AvgIpc) is 2.74. The molecule has 0 spiro atoms. The molecule has 1 N–H and O–H groups in total. The van der Waals surface area contributed by atoms with Crippen molar-refractivity contribution in [3.8, 4) is 16.9 Å². The van der Waals surface area contributed by atoms with Gasteiger partial charge in [0.25, 0.3) is 6.47 Å². The number of carbonyl (C=O) groups excluding carboxylic acids is 3. The first-order chi connectivity index (χ1) is 13.6. The minimum absolute atomic E-state index is 0.250. The summed E-state index contributed by atoms with van der Waals surface area (Å²) < 4.78 is 5.40. The number of carboxylic acid groups (broad SMARTS) is 1. The van der Waals surface area contributed by atoms with Crippen LogP contribution in [0.25, 0.3) is 11.1 Å². The molecule has 0 radical (unpaired) electrons. The second kappa shape index (κ2) is 10.2. The summed E-state index contributed by atoms with van der Waals surface area (Å²) in [7, 11) is 0. The molecule has 0 aliphatic rings. The maximum atomic E-state index is 12.2. The summed E-state index contributed by atoms with van der Waals surface area (Å²) in [6, 6.07) is 20.5. The Kier molecular flexibility index (Phi) is 7.36. The molecule has 0 fully saturated rings. The fourth-order valence-corrected chi connectivity index (χ4v) is 2.36. The van der Waals surface area contributed by atoms with Crippen LogP contribution in [0.4, 0.5) is 0 Å². The van der Waals surface area contributed by atoms with E-state index in [9.17, 15) is 14.4 Å². The highest BCUT2D eigenvalue weighted by Gasteiger charge is 2.09. The third kappa shape index (κ3) is 5.47. The predicted molar refractivity (Wildman–Crippen MR) is 103 cm³/mol. The first-order valence-electron chi connectivity index (χ1n) is 8.12. The van der Waals surface area contributed by atoms with Gasteiger partial charge in [0.15, 0.2) is 0 Å². The first-order valence-corrected chi connectivity index (χ1v) is 8.12. The molecule has 3 aromatic carbocycles. The number of carbonyl (C=O) groups is 4. The van der Waals surface area contributed by atoms with Crippen LogP contribution in [-0.4, -0.2) is 30.1 Å². The summed E-state index contributed by atoms with van der Waals surface area (Å²) in [6.45, 7) is -0.250. The van der Waals surface area contributed by atoms with Crippen LogP contribution < -0.4 is 4.74 Å². The number of rotatable bonds is 5. The highest BCUT2D eigenvalue weighted by molar-refractivity contribution is 5.92. The number of aldehydes is 2. The average molecular weight is 376 g/mol. The molecule has 0 aromatic heterocycles. The Labute approximate surface area is 161 Å². The molecule has 28 heavy (non-hydrogen) atoms. The van der Waals surface area contributed by atoms with Crippen LogP contribution >= 0.6 is 0 Å². The molecule has 0 heterocycles. The summed E-state index contributed by atoms with van der Waals surface area (Å²) >= 11 is 0. The van der Waals surface area contributed by atoms with Gasteiger partial charge in [-0.3, -0.25) is 14.4 Å². The zero-order valence-corrected chi connectivity index (χ0v) is 14.6. The smallest absolute Gasteiger partial charge is 0.343 e. The lowest BCUT2D eigenvalue weighted by molar-refractivity contribution is -0.122. The van der Waals surface area contributed by atoms with Crippen molar-refractivity contribution < 1.29 is 29.0 Å². The summed E-state index contributed by atoms with van der Waals surface area (Å²) in [6.07, 6.45) is 1.51. The summed E-state index contributed by atoms with van der Waals surface area (Å²) in [5.41, 5.74) is 3.26. The highest BCUT2D eigenvalue weighted by atomic mass is 16.5. The van der Waals surface area contributed by atoms with E-state index in [0.717, 1.165) is 17.4 Å². The zero-order valence-electron chi connectivity index (χ0n) is 14.6. The van der Waals surface area contributed by atoms with Crippen LogP contribution in [0.1, 0.15) is 31.1 Å². The van der Waals surface area contributed by atoms with E-state index in [1.54, 1.807) is 54.6 Å². The molecule has 0 saturated heterocycles. The highest BCUT2D eigenvalue weighted by Crippen LogP contribution is 2.24. The van der Waals surface area contributed by atoms with E-state index in [4.69, 9.17) is 14.6 Å². The van der Waals surface area contributed by atoms with Gasteiger partial charge >= 0.3 is 5.97 Å². The SMILES string of the molecule is O=CO.O=Cc1ccc(C(=O)Oc2cccc(-c3ccc(C=O)cc3)c2)cc1. The van der Waals surface area contributed by atoms with E-state index in [2.05, 4.69) is 0 Å². The van der Waals surface area contributed by atoms with Crippen molar-refractivity contribution in [3.05, 3.63) is 89.5 Å². The quantitative estimate of drug-likeness (QED) is 0.412. The molecule has 0 unspecified atom stereocenters. The minimum Gasteiger partial charge on any atom is -0.483 e. The Bertz CT molecular complexity index is 959. The molecule has 140 valence electrons. The van der Waals surface area contributed by atoms with Gasteiger partial charge in [0.05, 0.1) is 5.56 Å². The van der Waals surface area contributed by atoms with Gasteiger partial charge in [0.1, 0.15) is 18.3 Å². The lowest BCUT2D eigenvalue weighted by atomic mass is 10.0. The monoisotopic (exact) mass is 376 g/mol. The fraction of sp³-hybridized carbons (Fsp3) is 0. The van der Waals surface area contributed by atoms with Gasteiger partial charge in [-0.25, -0.2) is 4.79 Å². The van der Waals surface area contributed by atoms with Gasteiger partial charge in [-0.15, -0.1) is 0 Å². The van der Waals surface area contributed by atoms with Crippen molar-refractivity contribution in [1.82, 2.24) is 0 Å². The van der Waals surface area contributed by atoms with Crippen LogP contribution in [0.15, 0.2) is 72.8 Å². The normalized spacial score (nSPS) is 9.43. The van der Waals surface area contributed by atoms with Crippen molar-refractivity contribution in [2.45, 2.75) is 0 Å². The molecule has 3 aromatic rings. The number of ether oxygens (including phenoxy) is 1. The Hall–Kier alpha value is -4.06. The molecule has 0 saturated carbocycles. The van der Waals surface area contributed by atoms with Crippen molar-refractivity contribution in [3.63, 3.8) is 0 Å². The van der Waals surface area contributed by atoms with Gasteiger partial charge in [0, 0.05) is 11.1 Å². The van der Waals surface area contributed by atoms with Gasteiger partial charge in [-0.2, -0.15) is 0 Å². The van der Waals surface area contributed by atoms with Crippen molar-refractivity contribution in [1.29, 1.82) is 0 Å². The summed E-state index contributed by atoms with van der Waals surface area (Å²) in [5, 5.41) is 6.89. The lowest BCUT2D eigenvalue weighted by Gasteiger charge is -2.07. The third-order valence-corrected chi connectivity index (χ3v) is 3.71. The van der Waals surface area contributed by atoms with Gasteiger partial charge < -0.3 is 9.84 Å². The van der Waals surface area contributed by atoms with Crippen molar-refractivity contribution >= 4 is 25.0 Å². The standard InChI is InChI=1S/C21H14O4.CH2O2/c22-13-15-4-8-17(9-5-15)19-2-1-3-20(12-19)25-21(24)18-10-6-16(14-23)7-11-18;2-1-3/h1-14H;1H,(H,2,3). The molecule has 6 nitrogen and oxygen atoms in total. The number of hydrogen-bond donors (Lipinski definition) is 1. The second-order valence-electron chi connectivity index (χ2n) is 5.50. The predicted octanol–water partition coefficient (Wildman–Crippen LogP) is 3.90. The number of hydrogen-bond acceptors (Lipinski definition) is 5. The van der Waals surface area contributed by atoms with E-state index in [1.165, 1.54) is 0 Å². The molecule has 3 rings (SSSR count). The van der Waals surface area contributed by atoms with E-state index in [-0.39, 0.29) is 6.47 Å². The molecule has 0 aliphatic heterocycles. The molecular weight excluding hydrogens is 360 g/mol. The fourth-order valence-electron chi connectivity index (χ4n) is 2.36. The van der Waals surface area contributed by atoms with Gasteiger partial charge in [-0.1, -0.05) is 48.5 Å². The molecule has 0 atom stereocenters. The zero-order chi connectivity index (χ0) is 20.4. The molecule has 0 aliphatic carbocycles. The van der Waals surface area contributed by atoms with Gasteiger partial charge in [-0.05, 0) is 35.4 Å². The largest absolute Gasteiger partial charge is 0.483 e. The van der Waals surface area contributed by atoms with Crippen LogP contribution in [0.3, 0.4) is 0 Å². The Morgan fingerprint density at radius 3 is 1.82 bits per heavy atom. The van der Waals surface area contributed by atoms with Crippen molar-refractivity contribution in [2.75, 3.05) is 0 Å². The topological polar surface area (TPSA) is 97.7 Å². The number of esters is 1. The Balaban J connectivity index is 0.000000878. The molecule has 0 bridgehead atoms. The molecule has 6 heteroatoms. The van der Waals surface area contributed by atoms with Crippen LogP contribution in [0, 0.1) is 0 Å². The second-order valence-corrected chi connectivity index (χ2v) is 5.50. The van der Waals surface area contributed by atoms with Crippen molar-refractivity contribution in [2.24, 2.45) is 0 Å². The van der Waals surface area contributed by atoms with Crippen LogP contribution in [-0.2, 0) is 4.79 Å². The van der Waals surface area contributed by atoms with Crippen LogP contribution in [0.5, 0.6) is 5.75 Å².